The topological polar surface area (TPSA) is 28.3 Å². The van der Waals surface area contributed by atoms with Crippen molar-refractivity contribution in [2.24, 2.45) is 0 Å². The molecule has 0 saturated carbocycles. The van der Waals surface area contributed by atoms with Gasteiger partial charge in [0.05, 0.1) is 7.11 Å². The highest BCUT2D eigenvalue weighted by Gasteiger charge is 2.29. The third-order valence-electron chi connectivity index (χ3n) is 4.56. The summed E-state index contributed by atoms with van der Waals surface area (Å²) >= 11 is 0. The fraction of sp³-hybridized carbons (Fsp3) is 0.467. The first-order chi connectivity index (χ1) is 9.60. The minimum atomic E-state index is 0.217. The second-order valence-corrected chi connectivity index (χ2v) is 6.41. The molecule has 20 heavy (non-hydrogen) atoms. The molecule has 1 aromatic carbocycles. The van der Waals surface area contributed by atoms with Crippen LogP contribution in [0.4, 0.5) is 0 Å². The number of hydrogen-bond donors (Lipinski definition) is 1. The summed E-state index contributed by atoms with van der Waals surface area (Å²) in [5.41, 5.74) is 2.58. The molecule has 1 fully saturated rings. The van der Waals surface area contributed by atoms with Crippen LogP contribution in [0.3, 0.4) is 0 Å². The van der Waals surface area contributed by atoms with Gasteiger partial charge in [-0.3, -0.25) is 0 Å². The number of aromatic amines is 1. The van der Waals surface area contributed by atoms with Gasteiger partial charge < -0.3 is 14.6 Å². The zero-order valence-corrected chi connectivity index (χ0v) is 12.7. The van der Waals surface area contributed by atoms with Crippen LogP contribution >= 0.6 is 0 Å². The molecule has 1 aliphatic rings. The van der Waals surface area contributed by atoms with E-state index in [4.69, 9.17) is 4.74 Å². The highest BCUT2D eigenvalue weighted by Crippen LogP contribution is 2.27. The second kappa shape index (κ2) is 5.21. The van der Waals surface area contributed by atoms with E-state index in [9.17, 15) is 0 Å². The Morgan fingerprint density at radius 2 is 2.05 bits per heavy atom. The summed E-state index contributed by atoms with van der Waals surface area (Å²) in [6.45, 7) is 2.47. The van der Waals surface area contributed by atoms with E-state index in [0.29, 0.717) is 0 Å². The molecule has 0 spiro atoms. The fourth-order valence-corrected chi connectivity index (χ4v) is 3.33. The Kier molecular flexibility index (Phi) is 3.55. The first-order valence-corrected chi connectivity index (χ1v) is 7.49. The van der Waals surface area contributed by atoms with Gasteiger partial charge in [0, 0.05) is 17.1 Å². The molecular formula is C15H22B2N2O. The van der Waals surface area contributed by atoms with Crippen molar-refractivity contribution >= 4 is 26.6 Å². The average molecular weight is 268 g/mol. The van der Waals surface area contributed by atoms with E-state index in [0.717, 1.165) is 12.2 Å². The van der Waals surface area contributed by atoms with Crippen molar-refractivity contribution in [3.8, 4) is 5.75 Å². The number of nitrogens with one attached hydrogen (secondary N) is 1. The zero-order valence-electron chi connectivity index (χ0n) is 12.7. The van der Waals surface area contributed by atoms with E-state index in [1.165, 1.54) is 42.4 Å². The summed E-state index contributed by atoms with van der Waals surface area (Å²) in [6.07, 6.45) is 5.90. The van der Waals surface area contributed by atoms with Gasteiger partial charge in [-0.05, 0) is 61.5 Å². The predicted molar refractivity (Wildman–Crippen MR) is 89.2 cm³/mol. The van der Waals surface area contributed by atoms with E-state index in [2.05, 4.69) is 43.9 Å². The van der Waals surface area contributed by atoms with Crippen LogP contribution in [0.1, 0.15) is 18.4 Å². The van der Waals surface area contributed by atoms with E-state index in [1.807, 2.05) is 6.07 Å². The van der Waals surface area contributed by atoms with Crippen LogP contribution in [-0.2, 0) is 6.42 Å². The molecule has 0 bridgehead atoms. The minimum Gasteiger partial charge on any atom is -0.497 e. The van der Waals surface area contributed by atoms with Gasteiger partial charge in [-0.15, -0.1) is 0 Å². The summed E-state index contributed by atoms with van der Waals surface area (Å²) < 4.78 is 5.35. The van der Waals surface area contributed by atoms with Crippen molar-refractivity contribution in [2.75, 3.05) is 20.2 Å². The maximum absolute atomic E-state index is 5.35. The molecule has 0 atom stereocenters. The highest BCUT2D eigenvalue weighted by atomic mass is 16.5. The Morgan fingerprint density at radius 1 is 1.30 bits per heavy atom. The van der Waals surface area contributed by atoms with Gasteiger partial charge in [-0.1, -0.05) is 0 Å². The molecule has 0 unspecified atom stereocenters. The number of aromatic nitrogens is 1. The first kappa shape index (κ1) is 13.6. The van der Waals surface area contributed by atoms with E-state index < -0.39 is 0 Å². The van der Waals surface area contributed by atoms with Gasteiger partial charge in [0.15, 0.2) is 0 Å². The lowest BCUT2D eigenvalue weighted by molar-refractivity contribution is 0.275. The Morgan fingerprint density at radius 3 is 2.75 bits per heavy atom. The molecular weight excluding hydrogens is 246 g/mol. The number of rotatable bonds is 4. The van der Waals surface area contributed by atoms with Crippen molar-refractivity contribution < 1.29 is 4.74 Å². The monoisotopic (exact) mass is 268 g/mol. The summed E-state index contributed by atoms with van der Waals surface area (Å²) in [7, 11) is 6.44. The molecule has 0 amide bonds. The second-order valence-electron chi connectivity index (χ2n) is 6.41. The van der Waals surface area contributed by atoms with Gasteiger partial charge in [0.1, 0.15) is 21.4 Å². The molecule has 3 nitrogen and oxygen atoms in total. The quantitative estimate of drug-likeness (QED) is 0.828. The number of methoxy groups -OCH3 is 1. The summed E-state index contributed by atoms with van der Waals surface area (Å²) in [6, 6.07) is 6.25. The maximum atomic E-state index is 5.35. The lowest BCUT2D eigenvalue weighted by Crippen LogP contribution is -2.50. The summed E-state index contributed by atoms with van der Waals surface area (Å²) in [5, 5.41) is 1.51. The molecule has 1 aliphatic heterocycles. The van der Waals surface area contributed by atoms with E-state index in [1.54, 1.807) is 7.11 Å². The predicted octanol–water partition coefficient (Wildman–Crippen LogP) is 0.735. The molecule has 2 aromatic rings. The summed E-state index contributed by atoms with van der Waals surface area (Å²) in [4.78, 5) is 6.00. The lowest BCUT2D eigenvalue weighted by atomic mass is 9.58. The average Bonchev–Trinajstić information content (AvgIpc) is 3.08. The Bertz CT molecular complexity index is 603. The van der Waals surface area contributed by atoms with Crippen LogP contribution in [-0.4, -0.2) is 51.1 Å². The fourth-order valence-electron chi connectivity index (χ4n) is 3.33. The first-order valence-electron chi connectivity index (χ1n) is 7.49. The van der Waals surface area contributed by atoms with Gasteiger partial charge >= 0.3 is 0 Å². The van der Waals surface area contributed by atoms with E-state index in [-0.39, 0.29) is 5.34 Å². The van der Waals surface area contributed by atoms with Gasteiger partial charge in [0.25, 0.3) is 0 Å². The summed E-state index contributed by atoms with van der Waals surface area (Å²) in [5.74, 6) is 0.928. The number of benzene rings is 1. The van der Waals surface area contributed by atoms with Crippen LogP contribution in [0.5, 0.6) is 5.75 Å². The molecule has 5 heteroatoms. The number of H-pyrrole nitrogens is 1. The molecule has 0 aliphatic carbocycles. The molecule has 0 radical (unpaired) electrons. The Hall–Kier alpha value is -1.35. The lowest BCUT2D eigenvalue weighted by Gasteiger charge is -2.36. The largest absolute Gasteiger partial charge is 0.497 e. The van der Waals surface area contributed by atoms with Crippen molar-refractivity contribution in [3.63, 3.8) is 0 Å². The van der Waals surface area contributed by atoms with Crippen LogP contribution in [0, 0.1) is 0 Å². The van der Waals surface area contributed by atoms with E-state index >= 15 is 0 Å². The van der Waals surface area contributed by atoms with Crippen molar-refractivity contribution in [1.29, 1.82) is 0 Å². The highest BCUT2D eigenvalue weighted by molar-refractivity contribution is 6.40. The third-order valence-corrected chi connectivity index (χ3v) is 4.56. The van der Waals surface area contributed by atoms with Crippen molar-refractivity contribution in [3.05, 3.63) is 30.0 Å². The SMILES string of the molecule is BC(B)(Cc1c[nH]c2ccc(OC)cc12)N1CCCC1. The molecule has 1 saturated heterocycles. The maximum Gasteiger partial charge on any atom is 0.119 e. The van der Waals surface area contributed by atoms with Gasteiger partial charge in [-0.2, -0.15) is 0 Å². The molecule has 104 valence electrons. The number of ether oxygens (including phenoxy) is 1. The standard InChI is InChI=1S/C15H22B2N2O/c1-20-12-4-5-14-13(8-12)11(10-18-14)9-15(16,17)19-6-2-3-7-19/h4-5,8,10,18H,2-3,6-7,9,16-17H2,1H3. The minimum absolute atomic E-state index is 0.217. The molecule has 3 rings (SSSR count). The van der Waals surface area contributed by atoms with Gasteiger partial charge in [-0.25, -0.2) is 0 Å². The van der Waals surface area contributed by atoms with Crippen molar-refractivity contribution in [1.82, 2.24) is 9.88 Å². The Balaban J connectivity index is 1.89. The van der Waals surface area contributed by atoms with Crippen LogP contribution in [0.25, 0.3) is 10.9 Å². The number of fused-ring (bicyclic) bond motifs is 1. The normalized spacial score (nSPS) is 16.9. The van der Waals surface area contributed by atoms with Crippen LogP contribution in [0.2, 0.25) is 0 Å². The van der Waals surface area contributed by atoms with Crippen LogP contribution in [0.15, 0.2) is 24.4 Å². The number of likely N-dealkylation sites (tertiary alicyclic amines) is 1. The van der Waals surface area contributed by atoms with Crippen molar-refractivity contribution in [2.45, 2.75) is 24.6 Å². The smallest absolute Gasteiger partial charge is 0.119 e. The Labute approximate surface area is 122 Å². The number of hydrogen-bond acceptors (Lipinski definition) is 2. The molecule has 2 heterocycles. The molecule has 1 aromatic heterocycles. The van der Waals surface area contributed by atoms with Gasteiger partial charge in [0.2, 0.25) is 0 Å². The third kappa shape index (κ3) is 2.47. The van der Waals surface area contributed by atoms with Crippen LogP contribution < -0.4 is 4.74 Å². The number of nitrogens with zero attached hydrogens (tertiary/aromatic N) is 1. The zero-order chi connectivity index (χ0) is 14.2. The molecule has 1 N–H and O–H groups in total.